The molecule has 0 aliphatic rings. The minimum absolute atomic E-state index is 0.0656. The van der Waals surface area contributed by atoms with E-state index < -0.39 is 0 Å². The summed E-state index contributed by atoms with van der Waals surface area (Å²) in [6.07, 6.45) is 1.89. The van der Waals surface area contributed by atoms with Gasteiger partial charge in [0.1, 0.15) is 0 Å². The highest BCUT2D eigenvalue weighted by Crippen LogP contribution is 2.22. The van der Waals surface area contributed by atoms with Gasteiger partial charge in [-0.25, -0.2) is 5.48 Å². The van der Waals surface area contributed by atoms with Crippen molar-refractivity contribution in [1.82, 2.24) is 5.48 Å². The monoisotopic (exact) mass is 217 g/mol. The second kappa shape index (κ2) is 5.83. The Bertz CT molecular complexity index is 167. The second-order valence-corrected chi connectivity index (χ2v) is 6.15. The maximum Gasteiger partial charge on any atom is 0.0598 e. The third kappa shape index (κ3) is 7.77. The molecule has 0 amide bonds. The lowest BCUT2D eigenvalue weighted by atomic mass is 9.85. The van der Waals surface area contributed by atoms with Crippen LogP contribution in [0.25, 0.3) is 0 Å². The molecule has 3 heteroatoms. The molecule has 0 radical (unpaired) electrons. The van der Waals surface area contributed by atoms with E-state index in [1.807, 2.05) is 0 Å². The van der Waals surface area contributed by atoms with Crippen LogP contribution in [0.3, 0.4) is 0 Å². The number of hydrogen-bond donors (Lipinski definition) is 2. The number of ether oxygens (including phenoxy) is 1. The molecule has 2 N–H and O–H groups in total. The minimum Gasteiger partial charge on any atom is -0.376 e. The van der Waals surface area contributed by atoms with Crippen LogP contribution >= 0.6 is 0 Å². The standard InChI is InChI=1S/C12H27NO2/c1-11(2,3)10(13-14)8-7-9-15-12(4,5)6/h10,13-14H,7-9H2,1-6H3. The zero-order chi connectivity index (χ0) is 12.1. The molecule has 92 valence electrons. The van der Waals surface area contributed by atoms with Crippen molar-refractivity contribution in [3.8, 4) is 0 Å². The average Bonchev–Trinajstić information content (AvgIpc) is 1.99. The summed E-state index contributed by atoms with van der Waals surface area (Å²) in [6.45, 7) is 13.3. The third-order valence-electron chi connectivity index (χ3n) is 2.37. The Balaban J connectivity index is 3.75. The lowest BCUT2D eigenvalue weighted by Gasteiger charge is -2.29. The fraction of sp³-hybridized carbons (Fsp3) is 1.00. The summed E-state index contributed by atoms with van der Waals surface area (Å²) in [6, 6.07) is 0.126. The van der Waals surface area contributed by atoms with E-state index in [0.717, 1.165) is 19.4 Å². The molecule has 0 aromatic carbocycles. The Labute approximate surface area is 94.2 Å². The number of hydroxylamine groups is 1. The van der Waals surface area contributed by atoms with Gasteiger partial charge in [0.15, 0.2) is 0 Å². The molecule has 0 aliphatic heterocycles. The van der Waals surface area contributed by atoms with Crippen LogP contribution in [0.4, 0.5) is 0 Å². The normalized spacial score (nSPS) is 15.4. The summed E-state index contributed by atoms with van der Waals surface area (Å²) in [5.74, 6) is 0. The summed E-state index contributed by atoms with van der Waals surface area (Å²) in [5.41, 5.74) is 2.40. The van der Waals surface area contributed by atoms with Gasteiger partial charge in [-0.15, -0.1) is 0 Å². The van der Waals surface area contributed by atoms with E-state index in [1.54, 1.807) is 0 Å². The van der Waals surface area contributed by atoms with Gasteiger partial charge in [-0.3, -0.25) is 0 Å². The van der Waals surface area contributed by atoms with Crippen molar-refractivity contribution in [3.05, 3.63) is 0 Å². The minimum atomic E-state index is -0.0656. The number of hydrogen-bond acceptors (Lipinski definition) is 3. The maximum atomic E-state index is 9.03. The van der Waals surface area contributed by atoms with E-state index in [0.29, 0.717) is 0 Å². The van der Waals surface area contributed by atoms with Crippen molar-refractivity contribution < 1.29 is 9.94 Å². The third-order valence-corrected chi connectivity index (χ3v) is 2.37. The fourth-order valence-corrected chi connectivity index (χ4v) is 1.36. The van der Waals surface area contributed by atoms with Gasteiger partial charge in [0.2, 0.25) is 0 Å². The van der Waals surface area contributed by atoms with Crippen LogP contribution < -0.4 is 5.48 Å². The highest BCUT2D eigenvalue weighted by Gasteiger charge is 2.23. The van der Waals surface area contributed by atoms with E-state index in [-0.39, 0.29) is 17.1 Å². The smallest absolute Gasteiger partial charge is 0.0598 e. The van der Waals surface area contributed by atoms with E-state index in [1.165, 1.54) is 0 Å². The van der Waals surface area contributed by atoms with Crippen LogP contribution in [0.15, 0.2) is 0 Å². The van der Waals surface area contributed by atoms with E-state index in [2.05, 4.69) is 47.0 Å². The molecular weight excluding hydrogens is 190 g/mol. The Hall–Kier alpha value is -0.120. The first kappa shape index (κ1) is 14.9. The van der Waals surface area contributed by atoms with Crippen molar-refractivity contribution in [3.63, 3.8) is 0 Å². The van der Waals surface area contributed by atoms with E-state index in [9.17, 15) is 0 Å². The molecule has 0 aliphatic carbocycles. The summed E-state index contributed by atoms with van der Waals surface area (Å²) in [5, 5.41) is 9.03. The van der Waals surface area contributed by atoms with Gasteiger partial charge >= 0.3 is 0 Å². The zero-order valence-electron chi connectivity index (χ0n) is 11.1. The quantitative estimate of drug-likeness (QED) is 0.549. The summed E-state index contributed by atoms with van der Waals surface area (Å²) >= 11 is 0. The van der Waals surface area contributed by atoms with Crippen LogP contribution in [0.1, 0.15) is 54.4 Å². The molecule has 3 nitrogen and oxygen atoms in total. The fourth-order valence-electron chi connectivity index (χ4n) is 1.36. The molecule has 0 aromatic rings. The van der Waals surface area contributed by atoms with Crippen molar-refractivity contribution in [1.29, 1.82) is 0 Å². The molecule has 0 bridgehead atoms. The molecule has 0 saturated heterocycles. The van der Waals surface area contributed by atoms with Gasteiger partial charge in [-0.1, -0.05) is 20.8 Å². The Kier molecular flexibility index (Phi) is 5.78. The maximum absolute atomic E-state index is 9.03. The molecule has 0 heterocycles. The number of nitrogens with one attached hydrogen (secondary N) is 1. The predicted octanol–water partition coefficient (Wildman–Crippen LogP) is 2.98. The number of rotatable bonds is 5. The van der Waals surface area contributed by atoms with Crippen molar-refractivity contribution in [2.45, 2.75) is 66.0 Å². The van der Waals surface area contributed by atoms with Crippen LogP contribution in [0, 0.1) is 5.41 Å². The lowest BCUT2D eigenvalue weighted by Crippen LogP contribution is -2.38. The SMILES string of the molecule is CC(C)(C)OCCCC(NO)C(C)(C)C. The molecule has 0 rings (SSSR count). The molecule has 0 spiro atoms. The van der Waals surface area contributed by atoms with E-state index >= 15 is 0 Å². The first-order chi connectivity index (χ1) is 6.67. The molecule has 0 saturated carbocycles. The van der Waals surface area contributed by atoms with Crippen molar-refractivity contribution >= 4 is 0 Å². The van der Waals surface area contributed by atoms with Gasteiger partial charge in [-0.05, 0) is 39.0 Å². The van der Waals surface area contributed by atoms with Gasteiger partial charge in [-0.2, -0.15) is 0 Å². The predicted molar refractivity (Wildman–Crippen MR) is 63.1 cm³/mol. The Morgan fingerprint density at radius 3 is 2.00 bits per heavy atom. The zero-order valence-corrected chi connectivity index (χ0v) is 11.1. The van der Waals surface area contributed by atoms with Gasteiger partial charge < -0.3 is 9.94 Å². The van der Waals surface area contributed by atoms with Gasteiger partial charge in [0.05, 0.1) is 5.60 Å². The van der Waals surface area contributed by atoms with Crippen LogP contribution in [-0.4, -0.2) is 23.5 Å². The van der Waals surface area contributed by atoms with Crippen molar-refractivity contribution in [2.75, 3.05) is 6.61 Å². The van der Waals surface area contributed by atoms with Gasteiger partial charge in [0.25, 0.3) is 0 Å². The highest BCUT2D eigenvalue weighted by molar-refractivity contribution is 4.77. The van der Waals surface area contributed by atoms with Crippen molar-refractivity contribution in [2.24, 2.45) is 5.41 Å². The molecular formula is C12H27NO2. The molecule has 0 aromatic heterocycles. The highest BCUT2D eigenvalue weighted by atomic mass is 16.5. The lowest BCUT2D eigenvalue weighted by molar-refractivity contribution is -0.0103. The van der Waals surface area contributed by atoms with Crippen LogP contribution in [-0.2, 0) is 4.74 Å². The van der Waals surface area contributed by atoms with Gasteiger partial charge in [0, 0.05) is 12.6 Å². The first-order valence-corrected chi connectivity index (χ1v) is 5.70. The van der Waals surface area contributed by atoms with E-state index in [4.69, 9.17) is 9.94 Å². The largest absolute Gasteiger partial charge is 0.376 e. The molecule has 1 atom stereocenters. The molecule has 1 unspecified atom stereocenters. The molecule has 0 fully saturated rings. The summed E-state index contributed by atoms with van der Waals surface area (Å²) in [4.78, 5) is 0. The van der Waals surface area contributed by atoms with Crippen LogP contribution in [0.2, 0.25) is 0 Å². The second-order valence-electron chi connectivity index (χ2n) is 6.15. The molecule has 15 heavy (non-hydrogen) atoms. The summed E-state index contributed by atoms with van der Waals surface area (Å²) in [7, 11) is 0. The summed E-state index contributed by atoms with van der Waals surface area (Å²) < 4.78 is 5.63. The average molecular weight is 217 g/mol. The topological polar surface area (TPSA) is 41.5 Å². The first-order valence-electron chi connectivity index (χ1n) is 5.70. The van der Waals surface area contributed by atoms with Crippen LogP contribution in [0.5, 0.6) is 0 Å². The Morgan fingerprint density at radius 1 is 1.13 bits per heavy atom. The Morgan fingerprint density at radius 2 is 1.67 bits per heavy atom.